The van der Waals surface area contributed by atoms with Crippen molar-refractivity contribution in [1.82, 2.24) is 9.78 Å². The fourth-order valence-corrected chi connectivity index (χ4v) is 2.98. The average molecular weight is 322 g/mol. The van der Waals surface area contributed by atoms with E-state index in [0.29, 0.717) is 0 Å². The van der Waals surface area contributed by atoms with Crippen LogP contribution in [0.1, 0.15) is 31.0 Å². The molecular formula is C14H15FN4O2S. The van der Waals surface area contributed by atoms with E-state index in [9.17, 15) is 12.8 Å². The lowest BCUT2D eigenvalue weighted by Crippen LogP contribution is -2.17. The molecule has 0 unspecified atom stereocenters. The summed E-state index contributed by atoms with van der Waals surface area (Å²) in [4.78, 5) is 0. The van der Waals surface area contributed by atoms with Crippen LogP contribution in [0, 0.1) is 17.1 Å². The molecule has 0 radical (unpaired) electrons. The quantitative estimate of drug-likeness (QED) is 0.915. The number of aromatic nitrogens is 2. The van der Waals surface area contributed by atoms with Crippen molar-refractivity contribution >= 4 is 15.8 Å². The van der Waals surface area contributed by atoms with E-state index in [1.807, 2.05) is 19.9 Å². The highest BCUT2D eigenvalue weighted by Gasteiger charge is 2.19. The number of benzene rings is 1. The molecule has 0 atom stereocenters. The lowest BCUT2D eigenvalue weighted by molar-refractivity contribution is 0.534. The number of anilines is 1. The summed E-state index contributed by atoms with van der Waals surface area (Å²) in [5.41, 5.74) is 0.169. The Morgan fingerprint density at radius 1 is 1.41 bits per heavy atom. The van der Waals surface area contributed by atoms with Crippen molar-refractivity contribution in [2.45, 2.75) is 25.6 Å². The third-order valence-corrected chi connectivity index (χ3v) is 4.13. The highest BCUT2D eigenvalue weighted by Crippen LogP contribution is 2.18. The second-order valence-electron chi connectivity index (χ2n) is 5.03. The molecule has 0 spiro atoms. The Hall–Kier alpha value is -2.40. The van der Waals surface area contributed by atoms with Crippen LogP contribution in [0.25, 0.3) is 0 Å². The monoisotopic (exact) mass is 322 g/mol. The molecular weight excluding hydrogens is 307 g/mol. The molecule has 2 aromatic rings. The summed E-state index contributed by atoms with van der Waals surface area (Å²) < 4.78 is 41.5. The third-order valence-electron chi connectivity index (χ3n) is 2.94. The van der Waals surface area contributed by atoms with Gasteiger partial charge in [-0.3, -0.25) is 9.40 Å². The van der Waals surface area contributed by atoms with E-state index in [2.05, 4.69) is 9.82 Å². The van der Waals surface area contributed by atoms with Crippen molar-refractivity contribution in [1.29, 1.82) is 5.26 Å². The summed E-state index contributed by atoms with van der Waals surface area (Å²) in [5.74, 6) is -1.17. The van der Waals surface area contributed by atoms with Gasteiger partial charge in [-0.15, -0.1) is 0 Å². The fraction of sp³-hybridized carbons (Fsp3) is 0.286. The molecule has 2 rings (SSSR count). The zero-order valence-electron chi connectivity index (χ0n) is 12.1. The summed E-state index contributed by atoms with van der Waals surface area (Å²) in [5, 5.41) is 13.1. The zero-order chi connectivity index (χ0) is 16.3. The predicted molar refractivity (Wildman–Crippen MR) is 80.0 cm³/mol. The highest BCUT2D eigenvalue weighted by molar-refractivity contribution is 7.91. The Balaban J connectivity index is 2.26. The van der Waals surface area contributed by atoms with E-state index in [0.717, 1.165) is 0 Å². The Morgan fingerprint density at radius 2 is 2.09 bits per heavy atom. The number of sulfonamides is 1. The summed E-state index contributed by atoms with van der Waals surface area (Å²) in [6, 6.07) is 7.50. The van der Waals surface area contributed by atoms with Crippen LogP contribution in [0.15, 0.2) is 30.5 Å². The van der Waals surface area contributed by atoms with Gasteiger partial charge < -0.3 is 0 Å². The molecule has 1 heterocycles. The van der Waals surface area contributed by atoms with Crippen LogP contribution in [-0.4, -0.2) is 18.2 Å². The van der Waals surface area contributed by atoms with Crippen molar-refractivity contribution < 1.29 is 12.8 Å². The van der Waals surface area contributed by atoms with Crippen LogP contribution in [0.4, 0.5) is 10.2 Å². The lowest BCUT2D eigenvalue weighted by atomic mass is 10.2. The van der Waals surface area contributed by atoms with Gasteiger partial charge in [-0.25, -0.2) is 12.8 Å². The fourth-order valence-electron chi connectivity index (χ4n) is 1.82. The first-order valence-corrected chi connectivity index (χ1v) is 8.21. The molecule has 0 bridgehead atoms. The summed E-state index contributed by atoms with van der Waals surface area (Å²) in [6.45, 7) is 3.71. The number of hydrogen-bond donors (Lipinski definition) is 1. The van der Waals surface area contributed by atoms with Gasteiger partial charge in [0.1, 0.15) is 17.4 Å². The molecule has 1 aromatic heterocycles. The Morgan fingerprint density at radius 3 is 2.68 bits per heavy atom. The van der Waals surface area contributed by atoms with Crippen LogP contribution in [0.2, 0.25) is 0 Å². The minimum Gasteiger partial charge on any atom is -0.267 e. The van der Waals surface area contributed by atoms with Gasteiger partial charge in [0.05, 0.1) is 5.75 Å². The first-order valence-electron chi connectivity index (χ1n) is 6.55. The van der Waals surface area contributed by atoms with Crippen molar-refractivity contribution in [3.63, 3.8) is 0 Å². The summed E-state index contributed by atoms with van der Waals surface area (Å²) in [6.07, 6.45) is 1.46. The van der Waals surface area contributed by atoms with Crippen LogP contribution in [0.5, 0.6) is 0 Å². The molecule has 8 heteroatoms. The largest absolute Gasteiger partial charge is 0.267 e. The molecule has 22 heavy (non-hydrogen) atoms. The van der Waals surface area contributed by atoms with E-state index in [1.54, 1.807) is 6.07 Å². The topological polar surface area (TPSA) is 87.8 Å². The van der Waals surface area contributed by atoms with Gasteiger partial charge in [-0.1, -0.05) is 18.2 Å². The Bertz CT molecular complexity index is 822. The molecule has 0 saturated carbocycles. The van der Waals surface area contributed by atoms with Gasteiger partial charge in [0.2, 0.25) is 10.0 Å². The van der Waals surface area contributed by atoms with Gasteiger partial charge in [0, 0.05) is 17.8 Å². The first-order chi connectivity index (χ1) is 10.3. The molecule has 0 aliphatic carbocycles. The zero-order valence-corrected chi connectivity index (χ0v) is 12.9. The molecule has 116 valence electrons. The first kappa shape index (κ1) is 16.0. The van der Waals surface area contributed by atoms with Gasteiger partial charge in [-0.05, 0) is 19.9 Å². The minimum atomic E-state index is -3.87. The maximum Gasteiger partial charge on any atom is 0.238 e. The van der Waals surface area contributed by atoms with Gasteiger partial charge in [0.25, 0.3) is 0 Å². The minimum absolute atomic E-state index is 0.0167. The number of nitrogens with one attached hydrogen (secondary N) is 1. The molecule has 0 aliphatic heterocycles. The number of nitriles is 1. The second-order valence-corrected chi connectivity index (χ2v) is 6.75. The third kappa shape index (κ3) is 3.62. The molecule has 6 nitrogen and oxygen atoms in total. The van der Waals surface area contributed by atoms with Gasteiger partial charge >= 0.3 is 0 Å². The van der Waals surface area contributed by atoms with Crippen LogP contribution in [0.3, 0.4) is 0 Å². The van der Waals surface area contributed by atoms with Crippen LogP contribution >= 0.6 is 0 Å². The maximum atomic E-state index is 13.5. The predicted octanol–water partition coefficient (Wildman–Crippen LogP) is 2.42. The number of nitrogens with zero attached hydrogens (tertiary/aromatic N) is 3. The smallest absolute Gasteiger partial charge is 0.238 e. The molecule has 0 amide bonds. The second kappa shape index (κ2) is 6.15. The van der Waals surface area contributed by atoms with Crippen LogP contribution < -0.4 is 4.72 Å². The van der Waals surface area contributed by atoms with Crippen molar-refractivity contribution in [2.24, 2.45) is 0 Å². The van der Waals surface area contributed by atoms with E-state index in [-0.39, 0.29) is 23.0 Å². The number of hydrogen-bond acceptors (Lipinski definition) is 4. The standard InChI is InChI=1S/C14H15FN4O2S/c1-10(2)19-8-12(7-16)14(17-19)18-22(20,21)9-11-5-3-4-6-13(11)15/h3-6,8,10H,9H2,1-2H3,(H,17,18). The van der Waals surface area contributed by atoms with E-state index < -0.39 is 21.6 Å². The molecule has 0 fully saturated rings. The van der Waals surface area contributed by atoms with Gasteiger partial charge in [-0.2, -0.15) is 10.4 Å². The highest BCUT2D eigenvalue weighted by atomic mass is 32.2. The van der Waals surface area contributed by atoms with Crippen LogP contribution in [-0.2, 0) is 15.8 Å². The summed E-state index contributed by atoms with van der Waals surface area (Å²) >= 11 is 0. The molecule has 1 N–H and O–H groups in total. The molecule has 0 saturated heterocycles. The number of rotatable bonds is 5. The lowest BCUT2D eigenvalue weighted by Gasteiger charge is -2.07. The van der Waals surface area contributed by atoms with Crippen molar-refractivity contribution in [3.8, 4) is 6.07 Å². The normalized spacial score (nSPS) is 11.4. The average Bonchev–Trinajstić information content (AvgIpc) is 2.83. The molecule has 0 aliphatic rings. The van der Waals surface area contributed by atoms with Crippen molar-refractivity contribution in [3.05, 3.63) is 47.4 Å². The Kier molecular flexibility index (Phi) is 4.47. The van der Waals surface area contributed by atoms with E-state index in [1.165, 1.54) is 29.1 Å². The SMILES string of the molecule is CC(C)n1cc(C#N)c(NS(=O)(=O)Cc2ccccc2F)n1. The number of halogens is 1. The van der Waals surface area contributed by atoms with E-state index in [4.69, 9.17) is 5.26 Å². The van der Waals surface area contributed by atoms with Crippen molar-refractivity contribution in [2.75, 3.05) is 4.72 Å². The maximum absolute atomic E-state index is 13.5. The Labute approximate surface area is 128 Å². The summed E-state index contributed by atoms with van der Waals surface area (Å²) in [7, 11) is -3.87. The van der Waals surface area contributed by atoms with E-state index >= 15 is 0 Å². The molecule has 1 aromatic carbocycles. The van der Waals surface area contributed by atoms with Gasteiger partial charge in [0.15, 0.2) is 5.82 Å².